The van der Waals surface area contributed by atoms with Crippen LogP contribution in [-0.2, 0) is 26.5 Å². The van der Waals surface area contributed by atoms with Crippen LogP contribution >= 0.6 is 0 Å². The van der Waals surface area contributed by atoms with Crippen molar-refractivity contribution in [2.24, 2.45) is 0 Å². The molecule has 0 aliphatic carbocycles. The van der Waals surface area contributed by atoms with Gasteiger partial charge in [0.05, 0.1) is 9.79 Å². The first-order chi connectivity index (χ1) is 26.9. The fourth-order valence-corrected chi connectivity index (χ4v) is 10.1. The summed E-state index contributed by atoms with van der Waals surface area (Å²) in [5, 5.41) is 49.6. The van der Waals surface area contributed by atoms with Crippen molar-refractivity contribution in [2.45, 2.75) is 80.4 Å². The van der Waals surface area contributed by atoms with Gasteiger partial charge in [-0.15, -0.1) is 0 Å². The Bertz CT molecular complexity index is 2140. The van der Waals surface area contributed by atoms with Crippen molar-refractivity contribution < 1.29 is 37.3 Å². The van der Waals surface area contributed by atoms with Gasteiger partial charge in [-0.1, -0.05) is 78.7 Å². The predicted octanol–water partition coefficient (Wildman–Crippen LogP) is 3.85. The lowest BCUT2D eigenvalue weighted by molar-refractivity contribution is -0.0986. The summed E-state index contributed by atoms with van der Waals surface area (Å²) in [5.41, 5.74) is 4.02. The lowest BCUT2D eigenvalue weighted by atomic mass is 10.1. The third-order valence-electron chi connectivity index (χ3n) is 10.3. The van der Waals surface area contributed by atoms with Crippen LogP contribution in [-0.4, -0.2) is 96.8 Å². The van der Waals surface area contributed by atoms with E-state index >= 15 is 0 Å². The van der Waals surface area contributed by atoms with Crippen molar-refractivity contribution in [3.05, 3.63) is 119 Å². The molecule has 4 atom stereocenters. The number of hydrogen-bond acceptors (Lipinski definition) is 12. The summed E-state index contributed by atoms with van der Waals surface area (Å²) in [6.07, 6.45) is -1.77. The molecule has 4 unspecified atom stereocenters. The van der Waals surface area contributed by atoms with E-state index in [1.165, 1.54) is 26.2 Å². The highest BCUT2D eigenvalue weighted by Crippen LogP contribution is 2.34. The number of fused-ring (bicyclic) bond motifs is 2. The molecule has 0 bridgehead atoms. The Morgan fingerprint density at radius 2 is 1.21 bits per heavy atom. The lowest BCUT2D eigenvalue weighted by Gasteiger charge is -2.39. The van der Waals surface area contributed by atoms with Crippen LogP contribution in [0.2, 0.25) is 0 Å². The Hall–Kier alpha value is -3.94. The number of sulfonamides is 2. The van der Waals surface area contributed by atoms with Crippen LogP contribution in [0.3, 0.4) is 0 Å². The van der Waals surface area contributed by atoms with Gasteiger partial charge in [-0.2, -0.15) is 4.31 Å². The highest BCUT2D eigenvalue weighted by atomic mass is 32.2. The number of para-hydroxylation sites is 2. The summed E-state index contributed by atoms with van der Waals surface area (Å²) in [5.74, 6) is 0. The minimum absolute atomic E-state index is 0.102. The number of anilines is 2. The number of rotatable bonds is 18. The molecular weight excluding hydrogens is 757 g/mol. The molecule has 0 fully saturated rings. The first kappa shape index (κ1) is 41.7. The molecule has 2 heterocycles. The molecule has 56 heavy (non-hydrogen) atoms. The van der Waals surface area contributed by atoms with E-state index in [0.29, 0.717) is 66.6 Å². The number of hydrogen-bond donors (Lipinski definition) is 7. The Labute approximate surface area is 329 Å². The second-order valence-corrected chi connectivity index (χ2v) is 17.9. The van der Waals surface area contributed by atoms with E-state index in [4.69, 9.17) is 0 Å². The smallest absolute Gasteiger partial charge is 0.243 e. The van der Waals surface area contributed by atoms with Gasteiger partial charge in [0.1, 0.15) is 12.5 Å². The molecule has 2 aliphatic rings. The average molecular weight is 809 g/mol. The van der Waals surface area contributed by atoms with Gasteiger partial charge in [0.15, 0.2) is 12.7 Å². The van der Waals surface area contributed by atoms with Crippen LogP contribution in [0.5, 0.6) is 0 Å². The second kappa shape index (κ2) is 18.5. The van der Waals surface area contributed by atoms with Gasteiger partial charge in [-0.05, 0) is 74.9 Å². The molecule has 16 heteroatoms. The SMILES string of the molecule is Cc1ccc(S(=O)(=O)N(CCCCCNS(=O)(=O)c2ccccc2)CCCN2C(O)Nc3ccccc3C2O)c(CCCN2C(O)Nc3ccccc3C2O)c1. The first-order valence-corrected chi connectivity index (χ1v) is 21.9. The van der Waals surface area contributed by atoms with E-state index in [-0.39, 0.29) is 42.5 Å². The summed E-state index contributed by atoms with van der Waals surface area (Å²) >= 11 is 0. The maximum absolute atomic E-state index is 14.6. The van der Waals surface area contributed by atoms with Gasteiger partial charge >= 0.3 is 0 Å². The molecule has 4 aromatic rings. The summed E-state index contributed by atoms with van der Waals surface area (Å²) in [7, 11) is -7.72. The molecular formula is C40H52N6O8S2. The maximum atomic E-state index is 14.6. The van der Waals surface area contributed by atoms with Crippen molar-refractivity contribution in [2.75, 3.05) is 43.4 Å². The van der Waals surface area contributed by atoms with Gasteiger partial charge in [-0.25, -0.2) is 31.4 Å². The number of unbranched alkanes of at least 4 members (excludes halogenated alkanes) is 2. The Morgan fingerprint density at radius 3 is 1.84 bits per heavy atom. The summed E-state index contributed by atoms with van der Waals surface area (Å²) in [6, 6.07) is 27.7. The van der Waals surface area contributed by atoms with E-state index in [1.807, 2.05) is 25.1 Å². The standard InChI is InChI=1S/C40H52N6O8S2/c1-29-21-22-36(30(28-29)14-12-26-45-37(47)32-17-6-8-19-34(32)42-39(45)49)56(53,54)44(24-11-3-10-23-41-55(51,52)31-15-4-2-5-16-31)25-13-27-46-38(48)33-18-7-9-20-35(33)43-40(46)50/h2,4-9,15-22,28,37-43,47-50H,3,10-14,23-27H2,1H3. The van der Waals surface area contributed by atoms with Crippen LogP contribution in [0.15, 0.2) is 107 Å². The monoisotopic (exact) mass is 808 g/mol. The third kappa shape index (κ3) is 9.77. The molecule has 7 N–H and O–H groups in total. The van der Waals surface area contributed by atoms with Gasteiger partial charge in [0.2, 0.25) is 20.0 Å². The van der Waals surface area contributed by atoms with Gasteiger partial charge in [0.25, 0.3) is 0 Å². The van der Waals surface area contributed by atoms with E-state index in [2.05, 4.69) is 15.4 Å². The van der Waals surface area contributed by atoms with Gasteiger partial charge < -0.3 is 31.1 Å². The molecule has 0 amide bonds. The molecule has 0 saturated carbocycles. The molecule has 2 aliphatic heterocycles. The summed E-state index contributed by atoms with van der Waals surface area (Å²) < 4.78 is 58.5. The minimum atomic E-state index is -4.06. The molecule has 0 saturated heterocycles. The van der Waals surface area contributed by atoms with Crippen molar-refractivity contribution in [1.29, 1.82) is 0 Å². The minimum Gasteiger partial charge on any atom is -0.374 e. The van der Waals surface area contributed by atoms with Crippen molar-refractivity contribution >= 4 is 31.4 Å². The quantitative estimate of drug-likeness (QED) is 0.0720. The number of aliphatic hydroxyl groups is 4. The molecule has 302 valence electrons. The number of aliphatic hydroxyl groups excluding tert-OH is 4. The highest BCUT2D eigenvalue weighted by Gasteiger charge is 2.34. The first-order valence-electron chi connectivity index (χ1n) is 19.0. The van der Waals surface area contributed by atoms with Gasteiger partial charge in [0, 0.05) is 55.2 Å². The van der Waals surface area contributed by atoms with Crippen LogP contribution in [0.25, 0.3) is 0 Å². The van der Waals surface area contributed by atoms with Crippen LogP contribution < -0.4 is 15.4 Å². The second-order valence-electron chi connectivity index (χ2n) is 14.2. The maximum Gasteiger partial charge on any atom is 0.243 e. The van der Waals surface area contributed by atoms with Crippen molar-refractivity contribution in [3.63, 3.8) is 0 Å². The van der Waals surface area contributed by atoms with Crippen LogP contribution in [0.4, 0.5) is 11.4 Å². The Morgan fingerprint density at radius 1 is 0.661 bits per heavy atom. The topological polar surface area (TPSA) is 195 Å². The largest absolute Gasteiger partial charge is 0.374 e. The number of aryl methyl sites for hydroxylation is 2. The van der Waals surface area contributed by atoms with E-state index < -0.39 is 45.2 Å². The van der Waals surface area contributed by atoms with E-state index in [0.717, 1.165) is 5.56 Å². The number of benzene rings is 4. The zero-order valence-corrected chi connectivity index (χ0v) is 33.0. The fraction of sp³-hybridized carbons (Fsp3) is 0.400. The number of nitrogens with one attached hydrogen (secondary N) is 3. The highest BCUT2D eigenvalue weighted by molar-refractivity contribution is 7.89. The van der Waals surface area contributed by atoms with Gasteiger partial charge in [-0.3, -0.25) is 0 Å². The molecule has 6 rings (SSSR count). The molecule has 0 aromatic heterocycles. The number of nitrogens with zero attached hydrogens (tertiary/aromatic N) is 3. The fourth-order valence-electron chi connectivity index (χ4n) is 7.27. The lowest BCUT2D eigenvalue weighted by Crippen LogP contribution is -2.48. The third-order valence-corrected chi connectivity index (χ3v) is 13.7. The average Bonchev–Trinajstić information content (AvgIpc) is 3.18. The summed E-state index contributed by atoms with van der Waals surface area (Å²) in [4.78, 5) is 3.34. The molecule has 4 aromatic carbocycles. The summed E-state index contributed by atoms with van der Waals surface area (Å²) in [6.45, 7) is 2.84. The van der Waals surface area contributed by atoms with Crippen LogP contribution in [0.1, 0.15) is 66.8 Å². The van der Waals surface area contributed by atoms with E-state index in [9.17, 15) is 37.3 Å². The zero-order chi connectivity index (χ0) is 39.9. The van der Waals surface area contributed by atoms with Crippen molar-refractivity contribution in [3.8, 4) is 0 Å². The van der Waals surface area contributed by atoms with Crippen LogP contribution in [0, 0.1) is 6.92 Å². The van der Waals surface area contributed by atoms with Crippen molar-refractivity contribution in [1.82, 2.24) is 18.8 Å². The normalized spacial score (nSPS) is 20.2. The predicted molar refractivity (Wildman–Crippen MR) is 214 cm³/mol. The molecule has 0 spiro atoms. The van der Waals surface area contributed by atoms with E-state index in [1.54, 1.807) is 66.7 Å². The Kier molecular flexibility index (Phi) is 13.8. The molecule has 14 nitrogen and oxygen atoms in total. The zero-order valence-electron chi connectivity index (χ0n) is 31.4. The molecule has 0 radical (unpaired) electrons. The Balaban J connectivity index is 1.13.